The number of hydrogen-bond donors (Lipinski definition) is 1. The molecule has 0 saturated heterocycles. The Kier molecular flexibility index (Phi) is 2.77. The number of halogens is 2. The van der Waals surface area contributed by atoms with E-state index in [4.69, 9.17) is 23.2 Å². The van der Waals surface area contributed by atoms with Crippen molar-refractivity contribution in [3.05, 3.63) is 9.36 Å². The van der Waals surface area contributed by atoms with Crippen LogP contribution in [0.5, 0.6) is 0 Å². The largest absolute Gasteiger partial charge is 0.368 e. The van der Waals surface area contributed by atoms with Gasteiger partial charge in [-0.3, -0.25) is 0 Å². The third-order valence-electron chi connectivity index (χ3n) is 0.942. The molecule has 5 heteroatoms. The number of nitrogens with zero attached hydrogens (tertiary/aromatic N) is 1. The lowest BCUT2D eigenvalue weighted by molar-refractivity contribution is 1.19. The van der Waals surface area contributed by atoms with E-state index in [9.17, 15) is 0 Å². The highest BCUT2D eigenvalue weighted by Gasteiger charge is 2.07. The molecule has 1 aromatic heterocycles. The molecule has 0 bridgehead atoms. The van der Waals surface area contributed by atoms with Gasteiger partial charge in [-0.15, -0.1) is 0 Å². The maximum Gasteiger partial charge on any atom is 0.160 e. The Morgan fingerprint density at radius 2 is 2.30 bits per heavy atom. The van der Waals surface area contributed by atoms with Crippen LogP contribution >= 0.6 is 34.7 Å². The topological polar surface area (TPSA) is 24.9 Å². The molecule has 0 amide bonds. The van der Waals surface area contributed by atoms with Crippen molar-refractivity contribution in [1.29, 1.82) is 0 Å². The van der Waals surface area contributed by atoms with Crippen LogP contribution in [0.15, 0.2) is 0 Å². The molecule has 0 fully saturated rings. The van der Waals surface area contributed by atoms with E-state index in [2.05, 4.69) is 9.69 Å². The van der Waals surface area contributed by atoms with Crippen LogP contribution in [0.4, 0.5) is 5.82 Å². The summed E-state index contributed by atoms with van der Waals surface area (Å²) >= 11 is 12.6. The Labute approximate surface area is 73.3 Å². The minimum absolute atomic E-state index is 0.522. The van der Waals surface area contributed by atoms with Crippen LogP contribution in [0, 0.1) is 0 Å². The first-order valence-corrected chi connectivity index (χ1v) is 4.33. The number of aromatic nitrogens is 1. The lowest BCUT2D eigenvalue weighted by Crippen LogP contribution is -1.96. The summed E-state index contributed by atoms with van der Waals surface area (Å²) in [6.45, 7) is 2.78. The van der Waals surface area contributed by atoms with Gasteiger partial charge in [0.1, 0.15) is 9.36 Å². The first kappa shape index (κ1) is 8.11. The molecule has 0 aromatic carbocycles. The fourth-order valence-electron chi connectivity index (χ4n) is 0.536. The van der Waals surface area contributed by atoms with Crippen molar-refractivity contribution < 1.29 is 0 Å². The van der Waals surface area contributed by atoms with Crippen LogP contribution in [-0.4, -0.2) is 10.9 Å². The SMILES string of the molecule is CCNc1nsc(Cl)c1Cl. The maximum absolute atomic E-state index is 5.74. The van der Waals surface area contributed by atoms with Gasteiger partial charge in [-0.05, 0) is 18.5 Å². The Morgan fingerprint density at radius 3 is 2.70 bits per heavy atom. The Hall–Kier alpha value is 0.01000. The second-order valence-corrected chi connectivity index (χ2v) is 3.40. The molecule has 1 N–H and O–H groups in total. The Bertz CT molecular complexity index is 223. The standard InChI is InChI=1S/C5H6Cl2N2S/c1-2-8-5-3(6)4(7)10-9-5/h2H2,1H3,(H,8,9). The van der Waals surface area contributed by atoms with Crippen LogP contribution in [-0.2, 0) is 0 Å². The second kappa shape index (κ2) is 3.42. The van der Waals surface area contributed by atoms with Gasteiger partial charge >= 0.3 is 0 Å². The summed E-state index contributed by atoms with van der Waals surface area (Å²) in [7, 11) is 0. The van der Waals surface area contributed by atoms with Gasteiger partial charge in [0.2, 0.25) is 0 Å². The van der Waals surface area contributed by atoms with Gasteiger partial charge in [0.25, 0.3) is 0 Å². The summed E-state index contributed by atoms with van der Waals surface area (Å²) < 4.78 is 4.51. The molecule has 1 heterocycles. The summed E-state index contributed by atoms with van der Waals surface area (Å²) in [6, 6.07) is 0. The number of hydrogen-bond acceptors (Lipinski definition) is 3. The predicted octanol–water partition coefficient (Wildman–Crippen LogP) is 2.88. The van der Waals surface area contributed by atoms with Gasteiger partial charge in [-0.1, -0.05) is 23.2 Å². The van der Waals surface area contributed by atoms with Crippen LogP contribution < -0.4 is 5.32 Å². The number of nitrogens with one attached hydrogen (secondary N) is 1. The van der Waals surface area contributed by atoms with E-state index in [1.54, 1.807) is 0 Å². The van der Waals surface area contributed by atoms with E-state index in [0.29, 0.717) is 15.2 Å². The Balaban J connectivity index is 2.83. The van der Waals surface area contributed by atoms with Crippen molar-refractivity contribution in [3.63, 3.8) is 0 Å². The smallest absolute Gasteiger partial charge is 0.160 e. The Morgan fingerprint density at radius 1 is 1.60 bits per heavy atom. The van der Waals surface area contributed by atoms with Gasteiger partial charge in [-0.2, -0.15) is 4.37 Å². The first-order valence-electron chi connectivity index (χ1n) is 2.80. The minimum atomic E-state index is 0.522. The summed E-state index contributed by atoms with van der Waals surface area (Å²) in [5.74, 6) is 0.680. The first-order chi connectivity index (χ1) is 4.75. The lowest BCUT2D eigenvalue weighted by Gasteiger charge is -1.95. The van der Waals surface area contributed by atoms with Crippen molar-refractivity contribution in [1.82, 2.24) is 4.37 Å². The zero-order chi connectivity index (χ0) is 7.56. The molecule has 2 nitrogen and oxygen atoms in total. The minimum Gasteiger partial charge on any atom is -0.368 e. The van der Waals surface area contributed by atoms with Crippen LogP contribution in [0.3, 0.4) is 0 Å². The predicted molar refractivity (Wildman–Crippen MR) is 46.3 cm³/mol. The molecule has 0 unspecified atom stereocenters. The van der Waals surface area contributed by atoms with E-state index >= 15 is 0 Å². The molecule has 0 spiro atoms. The van der Waals surface area contributed by atoms with Gasteiger partial charge in [-0.25, -0.2) is 0 Å². The molecular formula is C5H6Cl2N2S. The molecule has 0 radical (unpaired) electrons. The molecule has 56 valence electrons. The average Bonchev–Trinajstić information content (AvgIpc) is 2.20. The van der Waals surface area contributed by atoms with Crippen LogP contribution in [0.2, 0.25) is 9.36 Å². The number of rotatable bonds is 2. The highest BCUT2D eigenvalue weighted by molar-refractivity contribution is 7.11. The van der Waals surface area contributed by atoms with E-state index in [-0.39, 0.29) is 0 Å². The van der Waals surface area contributed by atoms with Gasteiger partial charge in [0.15, 0.2) is 5.82 Å². The van der Waals surface area contributed by atoms with Crippen molar-refractivity contribution in [3.8, 4) is 0 Å². The third-order valence-corrected chi connectivity index (χ3v) is 2.55. The van der Waals surface area contributed by atoms with E-state index < -0.39 is 0 Å². The molecule has 0 saturated carbocycles. The molecule has 10 heavy (non-hydrogen) atoms. The highest BCUT2D eigenvalue weighted by atomic mass is 35.5. The molecule has 0 atom stereocenters. The van der Waals surface area contributed by atoms with Crippen molar-refractivity contribution in [2.75, 3.05) is 11.9 Å². The summed E-state index contributed by atoms with van der Waals surface area (Å²) in [6.07, 6.45) is 0. The normalized spacial score (nSPS) is 9.90. The molecular weight excluding hydrogens is 191 g/mol. The van der Waals surface area contributed by atoms with Crippen molar-refractivity contribution in [2.45, 2.75) is 6.92 Å². The highest BCUT2D eigenvalue weighted by Crippen LogP contribution is 2.32. The lowest BCUT2D eigenvalue weighted by atomic mass is 10.6. The number of anilines is 1. The molecule has 0 aliphatic heterocycles. The van der Waals surface area contributed by atoms with Gasteiger partial charge in [0, 0.05) is 6.54 Å². The average molecular weight is 197 g/mol. The zero-order valence-corrected chi connectivity index (χ0v) is 7.65. The summed E-state index contributed by atoms with van der Waals surface area (Å²) in [5.41, 5.74) is 0. The van der Waals surface area contributed by atoms with Crippen molar-refractivity contribution in [2.24, 2.45) is 0 Å². The van der Waals surface area contributed by atoms with E-state index in [1.807, 2.05) is 6.92 Å². The monoisotopic (exact) mass is 196 g/mol. The maximum atomic E-state index is 5.74. The zero-order valence-electron chi connectivity index (χ0n) is 5.32. The molecule has 1 aromatic rings. The fraction of sp³-hybridized carbons (Fsp3) is 0.400. The van der Waals surface area contributed by atoms with Gasteiger partial charge < -0.3 is 5.32 Å². The van der Waals surface area contributed by atoms with E-state index in [1.165, 1.54) is 11.5 Å². The van der Waals surface area contributed by atoms with Crippen molar-refractivity contribution >= 4 is 40.6 Å². The summed E-state index contributed by atoms with van der Waals surface area (Å²) in [4.78, 5) is 0. The third kappa shape index (κ3) is 1.54. The molecule has 0 aliphatic rings. The van der Waals surface area contributed by atoms with E-state index in [0.717, 1.165) is 6.54 Å². The van der Waals surface area contributed by atoms with Crippen LogP contribution in [0.1, 0.15) is 6.92 Å². The molecule has 0 aliphatic carbocycles. The van der Waals surface area contributed by atoms with Crippen LogP contribution in [0.25, 0.3) is 0 Å². The van der Waals surface area contributed by atoms with Gasteiger partial charge in [0.05, 0.1) is 0 Å². The summed E-state index contributed by atoms with van der Waals surface area (Å²) in [5, 5.41) is 3.50. The quantitative estimate of drug-likeness (QED) is 0.788. The second-order valence-electron chi connectivity index (χ2n) is 1.65. The molecule has 1 rings (SSSR count). The fourth-order valence-corrected chi connectivity index (χ4v) is 1.50.